The average Bonchev–Trinajstić information content (AvgIpc) is 2.14. The molecule has 1 rings (SSSR count). The molecule has 1 nitrogen and oxygen atoms in total. The van der Waals surface area contributed by atoms with Gasteiger partial charge in [-0.1, -0.05) is 41.5 Å². The van der Waals surface area contributed by atoms with Gasteiger partial charge in [0.25, 0.3) is 0 Å². The summed E-state index contributed by atoms with van der Waals surface area (Å²) in [7, 11) is 2.90. The quantitative estimate of drug-likeness (QED) is 0.713. The average molecular weight is 212 g/mol. The molecule has 0 aromatic heterocycles. The minimum absolute atomic E-state index is 0.149. The van der Waals surface area contributed by atoms with Crippen LogP contribution in [0.4, 0.5) is 0 Å². The van der Waals surface area contributed by atoms with Crippen LogP contribution in [-0.2, 0) is 0 Å². The summed E-state index contributed by atoms with van der Waals surface area (Å²) < 4.78 is 0. The zero-order valence-corrected chi connectivity index (χ0v) is 9.37. The third-order valence-corrected chi connectivity index (χ3v) is 3.76. The lowest BCUT2D eigenvalue weighted by molar-refractivity contribution is 0.109. The normalized spacial score (nSPS) is 10.0. The minimum Gasteiger partial charge on any atom is -0.281 e. The summed E-state index contributed by atoms with van der Waals surface area (Å²) in [6.07, 6.45) is 0. The van der Waals surface area contributed by atoms with Crippen LogP contribution in [0.1, 0.15) is 22.8 Å². The minimum atomic E-state index is 0.149. The molecule has 0 aliphatic carbocycles. The zero-order valence-electron chi connectivity index (χ0n) is 7.74. The van der Waals surface area contributed by atoms with Gasteiger partial charge in [-0.25, -0.2) is 0 Å². The molecular weight excluding hydrogens is 200 g/mol. The summed E-state index contributed by atoms with van der Waals surface area (Å²) in [6, 6.07) is 7.69. The van der Waals surface area contributed by atoms with E-state index < -0.39 is 0 Å². The Hall–Kier alpha value is -0.410. The Bertz CT molecular complexity index is 297. The van der Waals surface area contributed by atoms with Crippen LogP contribution < -0.4 is 0 Å². The van der Waals surface area contributed by atoms with E-state index in [1.807, 2.05) is 38.1 Å². The Morgan fingerprint density at radius 2 is 2.23 bits per heavy atom. The smallest absolute Gasteiger partial charge is 0.229 e. The molecule has 0 unspecified atom stereocenters. The molecule has 1 aromatic rings. The lowest BCUT2D eigenvalue weighted by Crippen LogP contribution is -1.91. The highest BCUT2D eigenvalue weighted by atomic mass is 33.1. The standard InChI is InChI=1S/C10H12OS2/c1-3-12-13-10(11)9-6-4-5-8(2)7-9/h4-7H,3H2,1-2H3. The molecule has 0 heterocycles. The van der Waals surface area contributed by atoms with Crippen LogP contribution in [0.3, 0.4) is 0 Å². The summed E-state index contributed by atoms with van der Waals surface area (Å²) in [5, 5.41) is 0.149. The highest BCUT2D eigenvalue weighted by Gasteiger charge is 2.05. The molecule has 0 N–H and O–H groups in total. The molecular formula is C10H12OS2. The molecule has 0 aliphatic rings. The molecule has 0 amide bonds. The molecule has 0 bridgehead atoms. The maximum absolute atomic E-state index is 11.5. The van der Waals surface area contributed by atoms with Crippen molar-refractivity contribution in [2.75, 3.05) is 5.75 Å². The van der Waals surface area contributed by atoms with Gasteiger partial charge in [-0.3, -0.25) is 4.79 Å². The van der Waals surface area contributed by atoms with E-state index in [-0.39, 0.29) is 5.12 Å². The van der Waals surface area contributed by atoms with Crippen molar-refractivity contribution in [3.63, 3.8) is 0 Å². The summed E-state index contributed by atoms with van der Waals surface area (Å²) in [5.41, 5.74) is 1.93. The lowest BCUT2D eigenvalue weighted by Gasteiger charge is -1.99. The van der Waals surface area contributed by atoms with Crippen molar-refractivity contribution in [3.8, 4) is 0 Å². The number of carbonyl (C=O) groups is 1. The van der Waals surface area contributed by atoms with Gasteiger partial charge in [-0.05, 0) is 23.8 Å². The van der Waals surface area contributed by atoms with E-state index in [0.717, 1.165) is 16.9 Å². The van der Waals surface area contributed by atoms with E-state index in [9.17, 15) is 4.79 Å². The third-order valence-electron chi connectivity index (χ3n) is 1.51. The van der Waals surface area contributed by atoms with E-state index in [1.165, 1.54) is 10.8 Å². The van der Waals surface area contributed by atoms with E-state index in [0.29, 0.717) is 0 Å². The number of rotatable bonds is 3. The van der Waals surface area contributed by atoms with Gasteiger partial charge in [0, 0.05) is 11.3 Å². The van der Waals surface area contributed by atoms with Crippen LogP contribution in [-0.4, -0.2) is 10.9 Å². The first-order valence-corrected chi connectivity index (χ1v) is 6.46. The Morgan fingerprint density at radius 3 is 2.85 bits per heavy atom. The Labute approximate surface area is 86.7 Å². The molecule has 3 heteroatoms. The predicted molar refractivity (Wildman–Crippen MR) is 61.2 cm³/mol. The van der Waals surface area contributed by atoms with Gasteiger partial charge < -0.3 is 0 Å². The molecule has 13 heavy (non-hydrogen) atoms. The first-order valence-electron chi connectivity index (χ1n) is 4.14. The second-order valence-corrected chi connectivity index (χ2v) is 5.20. The monoisotopic (exact) mass is 212 g/mol. The van der Waals surface area contributed by atoms with Crippen molar-refractivity contribution in [3.05, 3.63) is 35.4 Å². The highest BCUT2D eigenvalue weighted by Crippen LogP contribution is 2.25. The molecule has 70 valence electrons. The summed E-state index contributed by atoms with van der Waals surface area (Å²) in [5.74, 6) is 0.961. The SMILES string of the molecule is CCSSC(=O)c1cccc(C)c1. The molecule has 1 aromatic carbocycles. The van der Waals surface area contributed by atoms with Gasteiger partial charge in [-0.15, -0.1) is 0 Å². The van der Waals surface area contributed by atoms with Crippen molar-refractivity contribution < 1.29 is 4.79 Å². The van der Waals surface area contributed by atoms with Crippen LogP contribution >= 0.6 is 21.6 Å². The van der Waals surface area contributed by atoms with Crippen molar-refractivity contribution in [1.29, 1.82) is 0 Å². The fourth-order valence-electron chi connectivity index (χ4n) is 0.933. The number of aryl methyl sites for hydroxylation is 1. The molecule has 0 atom stereocenters. The Morgan fingerprint density at radius 1 is 1.46 bits per heavy atom. The van der Waals surface area contributed by atoms with Crippen molar-refractivity contribution in [2.24, 2.45) is 0 Å². The fourth-order valence-corrected chi connectivity index (χ4v) is 2.34. The summed E-state index contributed by atoms with van der Waals surface area (Å²) in [4.78, 5) is 11.5. The van der Waals surface area contributed by atoms with Crippen molar-refractivity contribution in [2.45, 2.75) is 13.8 Å². The molecule has 0 saturated heterocycles. The van der Waals surface area contributed by atoms with Gasteiger partial charge in [0.05, 0.1) is 0 Å². The van der Waals surface area contributed by atoms with Crippen LogP contribution in [0.15, 0.2) is 24.3 Å². The first-order chi connectivity index (χ1) is 6.24. The van der Waals surface area contributed by atoms with E-state index in [4.69, 9.17) is 0 Å². The van der Waals surface area contributed by atoms with Crippen LogP contribution in [0.5, 0.6) is 0 Å². The van der Waals surface area contributed by atoms with Crippen LogP contribution in [0.2, 0.25) is 0 Å². The van der Waals surface area contributed by atoms with Crippen molar-refractivity contribution >= 4 is 26.7 Å². The van der Waals surface area contributed by atoms with Gasteiger partial charge >= 0.3 is 0 Å². The third kappa shape index (κ3) is 3.44. The first kappa shape index (κ1) is 10.7. The van der Waals surface area contributed by atoms with Gasteiger partial charge in [0.1, 0.15) is 0 Å². The van der Waals surface area contributed by atoms with E-state index in [1.54, 1.807) is 10.8 Å². The largest absolute Gasteiger partial charge is 0.281 e. The topological polar surface area (TPSA) is 17.1 Å². The lowest BCUT2D eigenvalue weighted by atomic mass is 10.2. The highest BCUT2D eigenvalue weighted by molar-refractivity contribution is 8.82. The Kier molecular flexibility index (Phi) is 4.39. The molecule has 0 radical (unpaired) electrons. The fraction of sp³-hybridized carbons (Fsp3) is 0.300. The van der Waals surface area contributed by atoms with E-state index >= 15 is 0 Å². The molecule has 0 spiro atoms. The molecule has 0 saturated carbocycles. The van der Waals surface area contributed by atoms with E-state index in [2.05, 4.69) is 0 Å². The molecule has 0 fully saturated rings. The van der Waals surface area contributed by atoms with Crippen LogP contribution in [0, 0.1) is 6.92 Å². The Balaban J connectivity index is 2.66. The number of benzene rings is 1. The van der Waals surface area contributed by atoms with Crippen LogP contribution in [0.25, 0.3) is 0 Å². The number of carbonyl (C=O) groups excluding carboxylic acids is 1. The van der Waals surface area contributed by atoms with Gasteiger partial charge in [-0.2, -0.15) is 0 Å². The summed E-state index contributed by atoms with van der Waals surface area (Å²) in [6.45, 7) is 4.04. The van der Waals surface area contributed by atoms with Gasteiger partial charge in [0.2, 0.25) is 5.12 Å². The second-order valence-electron chi connectivity index (χ2n) is 2.65. The maximum atomic E-state index is 11.5. The molecule has 0 aliphatic heterocycles. The second kappa shape index (κ2) is 5.35. The van der Waals surface area contributed by atoms with Gasteiger partial charge in [0.15, 0.2) is 0 Å². The number of hydrogen-bond donors (Lipinski definition) is 0. The van der Waals surface area contributed by atoms with Crippen molar-refractivity contribution in [1.82, 2.24) is 0 Å². The predicted octanol–water partition coefficient (Wildman–Crippen LogP) is 3.54. The number of hydrogen-bond acceptors (Lipinski definition) is 3. The zero-order chi connectivity index (χ0) is 9.68. The summed E-state index contributed by atoms with van der Waals surface area (Å²) >= 11 is 0. The maximum Gasteiger partial charge on any atom is 0.229 e.